The Morgan fingerprint density at radius 3 is 0.780 bits per heavy atom. The van der Waals surface area contributed by atoms with Crippen LogP contribution in [0.5, 0.6) is 0 Å². The predicted octanol–water partition coefficient (Wildman–Crippen LogP) is 5.88. The van der Waals surface area contributed by atoms with Gasteiger partial charge in [0.05, 0.1) is 7.32 Å². The van der Waals surface area contributed by atoms with Crippen LogP contribution in [-0.2, 0) is 31.2 Å². The fraction of sp³-hybridized carbons (Fsp3) is 0.900. The molecule has 0 fully saturated rings. The molecule has 0 aromatic rings. The zero-order valence-electron chi connectivity index (χ0n) is 27.3. The molecular weight excluding hydrogens is 574 g/mol. The van der Waals surface area contributed by atoms with Crippen LogP contribution in [0, 0.1) is 16.2 Å². The fourth-order valence-corrected chi connectivity index (χ4v) is 3.32. The maximum Gasteiger partial charge on any atom is 2.00 e. The van der Waals surface area contributed by atoms with E-state index in [1.54, 1.807) is 0 Å². The van der Waals surface area contributed by atoms with Crippen molar-refractivity contribution in [3.8, 4) is 0 Å². The van der Waals surface area contributed by atoms with Gasteiger partial charge >= 0.3 is 34.7 Å². The second-order valence-electron chi connectivity index (χ2n) is 13.9. The third-order valence-corrected chi connectivity index (χ3v) is 5.45. The molecule has 0 spiro atoms. The van der Waals surface area contributed by atoms with Gasteiger partial charge in [-0.3, -0.25) is 14.4 Å². The molecule has 0 rings (SSSR count). The molecular formula is C30H61BCoO9. The van der Waals surface area contributed by atoms with Gasteiger partial charge in [0.15, 0.2) is 0 Å². The number of carboxylic acids is 3. The largest absolute Gasteiger partial charge is 2.00 e. The summed E-state index contributed by atoms with van der Waals surface area (Å²) in [5.74, 6) is -2.03. The van der Waals surface area contributed by atoms with Gasteiger partial charge in [-0.1, -0.05) is 101 Å². The van der Waals surface area contributed by atoms with Crippen LogP contribution in [-0.4, -0.2) is 45.6 Å². The Morgan fingerprint density at radius 2 is 0.659 bits per heavy atom. The van der Waals surface area contributed by atoms with Gasteiger partial charge in [-0.25, -0.2) is 0 Å². The monoisotopic (exact) mass is 635 g/mol. The van der Waals surface area contributed by atoms with Crippen LogP contribution in [0.4, 0.5) is 0 Å². The van der Waals surface area contributed by atoms with E-state index in [0.717, 1.165) is 57.8 Å². The first-order valence-electron chi connectivity index (χ1n) is 14.6. The van der Waals surface area contributed by atoms with Crippen LogP contribution < -0.4 is 10.0 Å². The van der Waals surface area contributed by atoms with Crippen LogP contribution in [0.15, 0.2) is 0 Å². The molecule has 0 saturated carbocycles. The number of carbonyl (C=O) groups is 3. The van der Waals surface area contributed by atoms with Crippen molar-refractivity contribution in [2.75, 3.05) is 0 Å². The Kier molecular flexibility index (Phi) is 35.0. The van der Waals surface area contributed by atoms with Gasteiger partial charge in [0.2, 0.25) is 0 Å². The minimum absolute atomic E-state index is 0. The summed E-state index contributed by atoms with van der Waals surface area (Å²) in [5, 5.41) is 49.1. The molecule has 0 unspecified atom stereocenters. The number of hydrogen-bond acceptors (Lipinski definition) is 6. The third kappa shape index (κ3) is 79.0. The number of aliphatic carboxylic acids is 3. The first kappa shape index (κ1) is 49.5. The smallest absolute Gasteiger partial charge is 0.871 e. The summed E-state index contributed by atoms with van der Waals surface area (Å²) in [5.41, 5.74) is 1.18. The Labute approximate surface area is 261 Å². The van der Waals surface area contributed by atoms with Gasteiger partial charge in [-0.15, -0.1) is 0 Å². The number of hydrogen-bond donors (Lipinski definition) is 4. The van der Waals surface area contributed by atoms with Crippen LogP contribution in [0.25, 0.3) is 0 Å². The normalized spacial score (nSPS) is 10.8. The molecule has 0 saturated heterocycles. The second kappa shape index (κ2) is 29.0. The Morgan fingerprint density at radius 1 is 0.488 bits per heavy atom. The molecule has 0 amide bonds. The first-order chi connectivity index (χ1) is 18.0. The molecule has 0 bridgehead atoms. The molecule has 41 heavy (non-hydrogen) atoms. The van der Waals surface area contributed by atoms with Gasteiger partial charge in [-0.2, -0.15) is 0 Å². The Bertz CT molecular complexity index is 539. The van der Waals surface area contributed by atoms with E-state index >= 15 is 0 Å². The number of carboxylic acid groups (broad SMARTS) is 3. The van der Waals surface area contributed by atoms with E-state index in [2.05, 4.69) is 62.3 Å². The molecule has 11 heteroatoms. The van der Waals surface area contributed by atoms with Crippen molar-refractivity contribution in [2.45, 2.75) is 159 Å². The van der Waals surface area contributed by atoms with E-state index in [1.807, 2.05) is 0 Å². The van der Waals surface area contributed by atoms with Crippen molar-refractivity contribution in [1.29, 1.82) is 0 Å². The van der Waals surface area contributed by atoms with Gasteiger partial charge in [0, 0.05) is 19.3 Å². The minimum Gasteiger partial charge on any atom is -0.871 e. The summed E-state index contributed by atoms with van der Waals surface area (Å²) < 4.78 is 0. The van der Waals surface area contributed by atoms with Gasteiger partial charge in [-0.05, 0) is 54.8 Å². The maximum atomic E-state index is 10.2. The van der Waals surface area contributed by atoms with Crippen molar-refractivity contribution in [1.82, 2.24) is 0 Å². The molecule has 0 aromatic carbocycles. The van der Waals surface area contributed by atoms with Crippen molar-refractivity contribution in [2.24, 2.45) is 16.2 Å². The van der Waals surface area contributed by atoms with Crippen LogP contribution in [0.2, 0.25) is 0 Å². The van der Waals surface area contributed by atoms with Crippen LogP contribution >= 0.6 is 0 Å². The predicted molar refractivity (Wildman–Crippen MR) is 159 cm³/mol. The summed E-state index contributed by atoms with van der Waals surface area (Å²) in [6.45, 7) is 19.9. The van der Waals surface area contributed by atoms with Gasteiger partial charge in [0.25, 0.3) is 0 Å². The van der Waals surface area contributed by atoms with Crippen molar-refractivity contribution >= 4 is 25.2 Å². The van der Waals surface area contributed by atoms with E-state index in [-0.39, 0.29) is 16.8 Å². The molecule has 0 aliphatic rings. The number of rotatable bonds is 15. The molecule has 0 aliphatic heterocycles. The van der Waals surface area contributed by atoms with E-state index in [9.17, 15) is 14.4 Å². The van der Waals surface area contributed by atoms with Crippen molar-refractivity contribution in [3.63, 3.8) is 0 Å². The van der Waals surface area contributed by atoms with Crippen LogP contribution in [0.3, 0.4) is 0 Å². The van der Waals surface area contributed by atoms with Crippen LogP contribution in [0.1, 0.15) is 159 Å². The summed E-state index contributed by atoms with van der Waals surface area (Å²) in [7, 11) is -2.67. The van der Waals surface area contributed by atoms with Crippen molar-refractivity contribution < 1.29 is 61.6 Å². The standard InChI is InChI=1S/3C10H20O2.BHO3.Co/c3*1-10(2,3)8-6-4-5-7-9(11)12;2-1(3)4;/h3*4-8H2,1-3H3,(H,11,12);2H;/q;;;-2;+2. The van der Waals surface area contributed by atoms with Gasteiger partial charge < -0.3 is 30.4 Å². The minimum atomic E-state index is -2.67. The number of unbranched alkanes of at least 4 members (excludes halogenated alkanes) is 6. The molecule has 0 heterocycles. The van der Waals surface area contributed by atoms with Gasteiger partial charge in [0.1, 0.15) is 0 Å². The molecule has 9 nitrogen and oxygen atoms in total. The molecule has 1 radical (unpaired) electrons. The first-order valence-corrected chi connectivity index (χ1v) is 14.6. The molecule has 0 atom stereocenters. The molecule has 0 aliphatic carbocycles. The summed E-state index contributed by atoms with van der Waals surface area (Å²) >= 11 is 0. The Hall–Kier alpha value is -1.14. The molecule has 0 aromatic heterocycles. The quantitative estimate of drug-likeness (QED) is 0.126. The third-order valence-electron chi connectivity index (χ3n) is 5.45. The van der Waals surface area contributed by atoms with E-state index in [0.29, 0.717) is 35.5 Å². The second-order valence-corrected chi connectivity index (χ2v) is 13.9. The van der Waals surface area contributed by atoms with E-state index in [1.165, 1.54) is 19.3 Å². The molecule has 247 valence electrons. The summed E-state index contributed by atoms with van der Waals surface area (Å²) in [4.78, 5) is 30.5. The average Bonchev–Trinajstić information content (AvgIpc) is 2.70. The van der Waals surface area contributed by atoms with E-state index in [4.69, 9.17) is 30.4 Å². The Balaban J connectivity index is -0.000000146. The zero-order chi connectivity index (χ0) is 32.4. The van der Waals surface area contributed by atoms with Crippen molar-refractivity contribution in [3.05, 3.63) is 0 Å². The maximum absolute atomic E-state index is 10.2. The fourth-order valence-electron chi connectivity index (χ4n) is 3.32. The summed E-state index contributed by atoms with van der Waals surface area (Å²) in [6, 6.07) is 0. The van der Waals surface area contributed by atoms with E-state index < -0.39 is 25.2 Å². The molecule has 4 N–H and O–H groups in total. The zero-order valence-corrected chi connectivity index (χ0v) is 28.4. The SMILES string of the molecule is CC(C)(C)CCCCCC(=O)O.CC(C)(C)CCCCCC(=O)O.CC(C)(C)CCCCCC(=O)O.[Co+2].[O-]B([O-])O. The average molecular weight is 636 g/mol. The summed E-state index contributed by atoms with van der Waals surface area (Å²) in [6.07, 6.45) is 13.6. The topological polar surface area (TPSA) is 178 Å².